The summed E-state index contributed by atoms with van der Waals surface area (Å²) in [5.41, 5.74) is 3.67. The molecule has 31 heavy (non-hydrogen) atoms. The van der Waals surface area contributed by atoms with Crippen LogP contribution in [-0.4, -0.2) is 47.3 Å². The first-order valence-corrected chi connectivity index (χ1v) is 10.1. The normalized spacial score (nSPS) is 11.0. The molecule has 3 aromatic heterocycles. The molecule has 0 aliphatic carbocycles. The van der Waals surface area contributed by atoms with E-state index >= 15 is 0 Å². The molecule has 0 bridgehead atoms. The van der Waals surface area contributed by atoms with Gasteiger partial charge in [0.15, 0.2) is 11.8 Å². The van der Waals surface area contributed by atoms with Crippen molar-refractivity contribution >= 4 is 22.8 Å². The molecule has 0 amide bonds. The molecule has 4 rings (SSSR count). The average Bonchev–Trinajstić information content (AvgIpc) is 3.24. The zero-order chi connectivity index (χ0) is 21.5. The standard InChI is InChI=1S/C22H25N7O2/c1-30-12-4-9-23-14-16-6-7-17(19(13-16)31-2)27-22-25-11-8-20(28-22)29-15-26-21-18(29)5-3-10-24-21/h3,5-8,10-11,13,15,23H,4,9,12,14H2,1-2H3,(H,25,27,28)/p+1. The number of ether oxygens (including phenoxy) is 2. The quantitative estimate of drug-likeness (QED) is 0.268. The Bertz CT molecular complexity index is 1150. The maximum Gasteiger partial charge on any atom is 0.304 e. The molecule has 0 radical (unpaired) electrons. The van der Waals surface area contributed by atoms with Crippen LogP contribution < -0.4 is 19.9 Å². The number of aromatic nitrogens is 5. The number of fused-ring (bicyclic) bond motifs is 1. The van der Waals surface area contributed by atoms with Crippen LogP contribution >= 0.6 is 0 Å². The minimum Gasteiger partial charge on any atom is -0.495 e. The highest BCUT2D eigenvalue weighted by Crippen LogP contribution is 2.27. The Balaban J connectivity index is 1.49. The van der Waals surface area contributed by atoms with Crippen molar-refractivity contribution in [2.45, 2.75) is 13.0 Å². The summed E-state index contributed by atoms with van der Waals surface area (Å²) >= 11 is 0. The van der Waals surface area contributed by atoms with Crippen LogP contribution in [0.2, 0.25) is 0 Å². The molecule has 0 aliphatic heterocycles. The molecule has 160 valence electrons. The summed E-state index contributed by atoms with van der Waals surface area (Å²) in [6, 6.07) is 11.8. The van der Waals surface area contributed by atoms with E-state index in [0.717, 1.165) is 60.1 Å². The van der Waals surface area contributed by atoms with Crippen molar-refractivity contribution in [3.8, 4) is 11.6 Å². The summed E-state index contributed by atoms with van der Waals surface area (Å²) < 4.78 is 12.6. The summed E-state index contributed by atoms with van der Waals surface area (Å²) in [5, 5.41) is 6.66. The van der Waals surface area contributed by atoms with E-state index in [0.29, 0.717) is 5.95 Å². The summed E-state index contributed by atoms with van der Waals surface area (Å²) in [4.78, 5) is 16.5. The van der Waals surface area contributed by atoms with Crippen LogP contribution in [0.1, 0.15) is 12.0 Å². The van der Waals surface area contributed by atoms with Crippen LogP contribution in [-0.2, 0) is 11.3 Å². The van der Waals surface area contributed by atoms with Crippen LogP contribution in [0.3, 0.4) is 0 Å². The van der Waals surface area contributed by atoms with Crippen molar-refractivity contribution in [1.82, 2.24) is 25.3 Å². The van der Waals surface area contributed by atoms with Crippen LogP contribution in [0.25, 0.3) is 17.0 Å². The highest BCUT2D eigenvalue weighted by atomic mass is 16.5. The van der Waals surface area contributed by atoms with Crippen molar-refractivity contribution in [2.24, 2.45) is 0 Å². The third kappa shape index (κ3) is 4.96. The van der Waals surface area contributed by atoms with Gasteiger partial charge in [-0.05, 0) is 42.8 Å². The third-order valence-corrected chi connectivity index (χ3v) is 4.81. The molecule has 0 saturated heterocycles. The lowest BCUT2D eigenvalue weighted by Gasteiger charge is -2.11. The molecule has 1 aromatic carbocycles. The molecule has 3 N–H and O–H groups in total. The van der Waals surface area contributed by atoms with Crippen molar-refractivity contribution in [1.29, 1.82) is 0 Å². The summed E-state index contributed by atoms with van der Waals surface area (Å²) in [5.74, 6) is 1.94. The molecule has 0 atom stereocenters. The predicted molar refractivity (Wildman–Crippen MR) is 118 cm³/mol. The Morgan fingerprint density at radius 2 is 2.03 bits per heavy atom. The summed E-state index contributed by atoms with van der Waals surface area (Å²) in [6.45, 7) is 2.42. The van der Waals surface area contributed by atoms with Gasteiger partial charge in [-0.25, -0.2) is 9.97 Å². The van der Waals surface area contributed by atoms with E-state index in [-0.39, 0.29) is 0 Å². The fourth-order valence-corrected chi connectivity index (χ4v) is 3.27. The van der Waals surface area contributed by atoms with Crippen molar-refractivity contribution in [3.63, 3.8) is 0 Å². The highest BCUT2D eigenvalue weighted by Gasteiger charge is 2.15. The number of H-pyrrole nitrogens is 1. The average molecular weight is 420 g/mol. The van der Waals surface area contributed by atoms with E-state index in [1.54, 1.807) is 26.6 Å². The van der Waals surface area contributed by atoms with Crippen molar-refractivity contribution < 1.29 is 14.0 Å². The summed E-state index contributed by atoms with van der Waals surface area (Å²) in [7, 11) is 3.37. The maximum absolute atomic E-state index is 5.58. The smallest absolute Gasteiger partial charge is 0.304 e. The number of imidazole rings is 1. The second-order valence-corrected chi connectivity index (χ2v) is 6.94. The van der Waals surface area contributed by atoms with E-state index < -0.39 is 0 Å². The SMILES string of the molecule is COCCCNCc1ccc(Nc2nccc(-[n+]3c[nH]c4ncccc43)n2)c(OC)c1. The Hall–Kier alpha value is -3.56. The van der Waals surface area contributed by atoms with Crippen LogP contribution in [0, 0.1) is 0 Å². The molecule has 0 unspecified atom stereocenters. The largest absolute Gasteiger partial charge is 0.495 e. The number of methoxy groups -OCH3 is 2. The van der Waals surface area contributed by atoms with Gasteiger partial charge >= 0.3 is 5.95 Å². The van der Waals surface area contributed by atoms with Crippen molar-refractivity contribution in [2.75, 3.05) is 32.7 Å². The molecule has 0 spiro atoms. The van der Waals surface area contributed by atoms with Crippen molar-refractivity contribution in [3.05, 3.63) is 60.7 Å². The molecular weight excluding hydrogens is 394 g/mol. The number of pyridine rings is 1. The van der Waals surface area contributed by atoms with Crippen LogP contribution in [0.5, 0.6) is 5.75 Å². The lowest BCUT2D eigenvalue weighted by Crippen LogP contribution is -2.30. The van der Waals surface area contributed by atoms with Gasteiger partial charge in [0, 0.05) is 38.7 Å². The number of rotatable bonds is 10. The molecule has 0 aliphatic rings. The molecular formula is C22H26N7O2+. The van der Waals surface area contributed by atoms with E-state index in [2.05, 4.69) is 36.6 Å². The monoisotopic (exact) mass is 420 g/mol. The van der Waals surface area contributed by atoms with Gasteiger partial charge in [0.25, 0.3) is 5.82 Å². The molecule has 9 heteroatoms. The number of benzene rings is 1. The first kappa shape index (κ1) is 20.7. The second-order valence-electron chi connectivity index (χ2n) is 6.94. The zero-order valence-corrected chi connectivity index (χ0v) is 17.6. The topological polar surface area (TPSA) is 101 Å². The minimum absolute atomic E-state index is 0.479. The Kier molecular flexibility index (Phi) is 6.65. The van der Waals surface area contributed by atoms with Gasteiger partial charge < -0.3 is 20.1 Å². The Labute approximate surface area is 180 Å². The second kappa shape index (κ2) is 9.96. The molecule has 3 heterocycles. The van der Waals surface area contributed by atoms with Gasteiger partial charge in [-0.1, -0.05) is 11.1 Å². The number of nitrogens with zero attached hydrogens (tertiary/aromatic N) is 4. The Morgan fingerprint density at radius 1 is 1.10 bits per heavy atom. The first-order chi connectivity index (χ1) is 15.3. The van der Waals surface area contributed by atoms with Gasteiger partial charge in [-0.3, -0.25) is 4.98 Å². The lowest BCUT2D eigenvalue weighted by molar-refractivity contribution is -0.571. The van der Waals surface area contributed by atoms with Crippen LogP contribution in [0.15, 0.2) is 55.1 Å². The van der Waals surface area contributed by atoms with E-state index in [1.807, 2.05) is 41.2 Å². The van der Waals surface area contributed by atoms with E-state index in [1.165, 1.54) is 0 Å². The van der Waals surface area contributed by atoms with Gasteiger partial charge in [0.1, 0.15) is 5.75 Å². The molecule has 0 fully saturated rings. The minimum atomic E-state index is 0.479. The number of hydrogen-bond acceptors (Lipinski definition) is 7. The van der Waals surface area contributed by atoms with Gasteiger partial charge in [-0.2, -0.15) is 4.57 Å². The highest BCUT2D eigenvalue weighted by molar-refractivity contribution is 5.66. The number of anilines is 2. The fourth-order valence-electron chi connectivity index (χ4n) is 3.27. The number of nitrogens with one attached hydrogen (secondary N) is 3. The number of hydrogen-bond donors (Lipinski definition) is 3. The van der Waals surface area contributed by atoms with Gasteiger partial charge in [-0.15, -0.1) is 0 Å². The predicted octanol–water partition coefficient (Wildman–Crippen LogP) is 2.51. The molecule has 0 saturated carbocycles. The Morgan fingerprint density at radius 3 is 2.90 bits per heavy atom. The van der Waals surface area contributed by atoms with Gasteiger partial charge in [0.05, 0.1) is 12.8 Å². The molecule has 9 nitrogen and oxygen atoms in total. The summed E-state index contributed by atoms with van der Waals surface area (Å²) in [6.07, 6.45) is 6.28. The fraction of sp³-hybridized carbons (Fsp3) is 0.273. The molecule has 4 aromatic rings. The van der Waals surface area contributed by atoms with Crippen LogP contribution in [0.4, 0.5) is 11.6 Å². The first-order valence-electron chi connectivity index (χ1n) is 10.1. The van der Waals surface area contributed by atoms with Gasteiger partial charge in [0.2, 0.25) is 5.65 Å². The third-order valence-electron chi connectivity index (χ3n) is 4.81. The lowest BCUT2D eigenvalue weighted by atomic mass is 10.2. The maximum atomic E-state index is 5.58. The van der Waals surface area contributed by atoms with E-state index in [9.17, 15) is 0 Å². The zero-order valence-electron chi connectivity index (χ0n) is 17.6. The van der Waals surface area contributed by atoms with E-state index in [4.69, 9.17) is 9.47 Å². The number of aromatic amines is 1.